The number of rotatable bonds is 29. The van der Waals surface area contributed by atoms with Gasteiger partial charge in [0, 0.05) is 12.8 Å². The van der Waals surface area contributed by atoms with Crippen molar-refractivity contribution in [3.8, 4) is 0 Å². The molecule has 0 aromatic heterocycles. The van der Waals surface area contributed by atoms with Crippen LogP contribution < -0.4 is 10.6 Å². The molecule has 0 rings (SSSR count). The molecule has 0 spiro atoms. The van der Waals surface area contributed by atoms with Crippen LogP contribution in [0.3, 0.4) is 0 Å². The topological polar surface area (TPSA) is 142 Å². The van der Waals surface area contributed by atoms with Crippen LogP contribution in [0.25, 0.3) is 0 Å². The van der Waals surface area contributed by atoms with E-state index in [0.717, 1.165) is 57.8 Å². The summed E-state index contributed by atoms with van der Waals surface area (Å²) >= 11 is 0. The number of amides is 2. The smallest absolute Gasteiger partial charge is 0.328 e. The molecule has 0 aromatic carbocycles. The number of aliphatic hydroxyl groups excluding tert-OH is 1. The third-order valence-corrected chi connectivity index (χ3v) is 7.07. The number of allylic oxidation sites excluding steroid dienone is 7. The normalized spacial score (nSPS) is 13.1. The SMILES string of the molecule is CC/C=C\C/C=C\C/C=C\C/C=C\C(CCCCCC(=O)NCC(=O)NC(CO)C(=O)O)OC(=O)CCCCCCCCCC. The van der Waals surface area contributed by atoms with E-state index in [2.05, 4.69) is 60.9 Å². The molecule has 0 aliphatic carbocycles. The average Bonchev–Trinajstić information content (AvgIpc) is 3.02. The lowest BCUT2D eigenvalue weighted by molar-refractivity contribution is -0.147. The van der Waals surface area contributed by atoms with E-state index < -0.39 is 24.5 Å². The van der Waals surface area contributed by atoms with Crippen LogP contribution >= 0.6 is 0 Å². The predicted octanol–water partition coefficient (Wildman–Crippen LogP) is 6.86. The number of carboxylic acids is 1. The third kappa shape index (κ3) is 28.0. The van der Waals surface area contributed by atoms with E-state index in [-0.39, 0.29) is 30.9 Å². The quantitative estimate of drug-likeness (QED) is 0.0401. The van der Waals surface area contributed by atoms with Gasteiger partial charge < -0.3 is 25.6 Å². The maximum atomic E-state index is 12.5. The van der Waals surface area contributed by atoms with Gasteiger partial charge in [-0.25, -0.2) is 4.79 Å². The van der Waals surface area contributed by atoms with Crippen LogP contribution in [0.2, 0.25) is 0 Å². The van der Waals surface area contributed by atoms with Gasteiger partial charge in [0.2, 0.25) is 11.8 Å². The maximum absolute atomic E-state index is 12.5. The first-order valence-electron chi connectivity index (χ1n) is 17.0. The maximum Gasteiger partial charge on any atom is 0.328 e. The number of aliphatic carboxylic acids is 1. The number of carbonyl (C=O) groups is 4. The van der Waals surface area contributed by atoms with Crippen LogP contribution in [0, 0.1) is 0 Å². The van der Waals surface area contributed by atoms with E-state index >= 15 is 0 Å². The van der Waals surface area contributed by atoms with Crippen molar-refractivity contribution in [2.45, 2.75) is 142 Å². The molecule has 0 fully saturated rings. The molecule has 0 radical (unpaired) electrons. The van der Waals surface area contributed by atoms with Crippen molar-refractivity contribution in [1.82, 2.24) is 10.6 Å². The van der Waals surface area contributed by atoms with Crippen molar-refractivity contribution >= 4 is 23.8 Å². The lowest BCUT2D eigenvalue weighted by Gasteiger charge is -2.15. The average molecular weight is 633 g/mol. The molecular weight excluding hydrogens is 572 g/mol. The van der Waals surface area contributed by atoms with Crippen LogP contribution in [0.4, 0.5) is 0 Å². The second-order valence-electron chi connectivity index (χ2n) is 11.2. The highest BCUT2D eigenvalue weighted by molar-refractivity contribution is 5.87. The number of carbonyl (C=O) groups excluding carboxylic acids is 3. The molecule has 9 heteroatoms. The summed E-state index contributed by atoms with van der Waals surface area (Å²) in [7, 11) is 0. The van der Waals surface area contributed by atoms with Crippen molar-refractivity contribution in [2.75, 3.05) is 13.2 Å². The zero-order valence-electron chi connectivity index (χ0n) is 27.9. The summed E-state index contributed by atoms with van der Waals surface area (Å²) in [5, 5.41) is 22.4. The summed E-state index contributed by atoms with van der Waals surface area (Å²) < 4.78 is 5.80. The number of aliphatic hydroxyl groups is 1. The zero-order valence-corrected chi connectivity index (χ0v) is 27.9. The van der Waals surface area contributed by atoms with Crippen molar-refractivity contribution < 1.29 is 34.1 Å². The number of esters is 1. The van der Waals surface area contributed by atoms with E-state index in [9.17, 15) is 19.2 Å². The largest absolute Gasteiger partial charge is 0.480 e. The molecule has 0 aliphatic heterocycles. The molecule has 0 aliphatic rings. The first kappa shape index (κ1) is 41.8. The number of carboxylic acid groups (broad SMARTS) is 1. The van der Waals surface area contributed by atoms with Crippen molar-refractivity contribution in [3.05, 3.63) is 48.6 Å². The number of ether oxygens (including phenoxy) is 1. The Morgan fingerprint density at radius 3 is 1.84 bits per heavy atom. The standard InChI is InChI=1S/C36H60N2O7/c1-3-5-7-9-11-13-14-15-16-18-21-25-31(45-35(42)28-24-19-17-12-10-8-6-4-2)26-22-20-23-27-33(40)37-29-34(41)38-32(30-39)36(43)44/h5,7,11,13,15-16,21,25,31-32,39H,3-4,6,8-10,12,14,17-20,22-24,26-30H2,1-2H3,(H,37,40)(H,38,41)(H,43,44)/b7-5-,13-11-,16-15-,25-21-. The van der Waals surface area contributed by atoms with Gasteiger partial charge in [-0.3, -0.25) is 14.4 Å². The highest BCUT2D eigenvalue weighted by atomic mass is 16.5. The number of hydrogen-bond acceptors (Lipinski definition) is 6. The minimum atomic E-state index is -1.40. The van der Waals surface area contributed by atoms with E-state index in [1.807, 2.05) is 12.2 Å². The monoisotopic (exact) mass is 632 g/mol. The van der Waals surface area contributed by atoms with Crippen LogP contribution in [-0.2, 0) is 23.9 Å². The van der Waals surface area contributed by atoms with E-state index in [0.29, 0.717) is 19.3 Å². The highest BCUT2D eigenvalue weighted by Crippen LogP contribution is 2.14. The molecule has 9 nitrogen and oxygen atoms in total. The molecular formula is C36H60N2O7. The lowest BCUT2D eigenvalue weighted by Crippen LogP contribution is -2.47. The van der Waals surface area contributed by atoms with Gasteiger partial charge >= 0.3 is 11.9 Å². The first-order chi connectivity index (χ1) is 21.8. The van der Waals surface area contributed by atoms with Gasteiger partial charge in [0.15, 0.2) is 0 Å². The molecule has 45 heavy (non-hydrogen) atoms. The number of hydrogen-bond donors (Lipinski definition) is 4. The van der Waals surface area contributed by atoms with E-state index in [4.69, 9.17) is 14.9 Å². The van der Waals surface area contributed by atoms with Crippen LogP contribution in [0.15, 0.2) is 48.6 Å². The van der Waals surface area contributed by atoms with Gasteiger partial charge in [-0.2, -0.15) is 0 Å². The minimum absolute atomic E-state index is 0.169. The fraction of sp³-hybridized carbons (Fsp3) is 0.667. The molecule has 0 aromatic rings. The van der Waals surface area contributed by atoms with Gasteiger partial charge in [-0.1, -0.05) is 108 Å². The Kier molecular flexibility index (Phi) is 28.6. The number of unbranched alkanes of at least 4 members (excludes halogenated alkanes) is 9. The Morgan fingerprint density at radius 1 is 0.689 bits per heavy atom. The minimum Gasteiger partial charge on any atom is -0.480 e. The molecule has 2 atom stereocenters. The van der Waals surface area contributed by atoms with Crippen molar-refractivity contribution in [3.63, 3.8) is 0 Å². The van der Waals surface area contributed by atoms with Gasteiger partial charge in [0.05, 0.1) is 13.2 Å². The summed E-state index contributed by atoms with van der Waals surface area (Å²) in [5.74, 6) is -2.51. The summed E-state index contributed by atoms with van der Waals surface area (Å²) in [6.07, 6.45) is 33.0. The lowest BCUT2D eigenvalue weighted by atomic mass is 10.1. The van der Waals surface area contributed by atoms with Gasteiger partial charge in [-0.05, 0) is 57.4 Å². The number of nitrogens with one attached hydrogen (secondary N) is 2. The second kappa shape index (κ2) is 30.8. The molecule has 0 saturated carbocycles. The van der Waals surface area contributed by atoms with Gasteiger partial charge in [0.25, 0.3) is 0 Å². The Morgan fingerprint density at radius 2 is 1.24 bits per heavy atom. The van der Waals surface area contributed by atoms with Crippen LogP contribution in [0.5, 0.6) is 0 Å². The van der Waals surface area contributed by atoms with Gasteiger partial charge in [0.1, 0.15) is 12.1 Å². The van der Waals surface area contributed by atoms with Crippen molar-refractivity contribution in [2.24, 2.45) is 0 Å². The summed E-state index contributed by atoms with van der Waals surface area (Å²) in [6.45, 7) is 3.25. The van der Waals surface area contributed by atoms with E-state index in [1.165, 1.54) is 32.1 Å². The van der Waals surface area contributed by atoms with Crippen molar-refractivity contribution in [1.29, 1.82) is 0 Å². The summed E-state index contributed by atoms with van der Waals surface area (Å²) in [4.78, 5) is 47.3. The molecule has 256 valence electrons. The molecule has 2 unspecified atom stereocenters. The zero-order chi connectivity index (χ0) is 33.4. The van der Waals surface area contributed by atoms with E-state index in [1.54, 1.807) is 0 Å². The fourth-order valence-electron chi connectivity index (χ4n) is 4.45. The summed E-state index contributed by atoms with van der Waals surface area (Å²) in [6, 6.07) is -1.40. The first-order valence-corrected chi connectivity index (χ1v) is 17.0. The third-order valence-electron chi connectivity index (χ3n) is 7.07. The van der Waals surface area contributed by atoms with Crippen LogP contribution in [0.1, 0.15) is 129 Å². The van der Waals surface area contributed by atoms with Gasteiger partial charge in [-0.15, -0.1) is 0 Å². The Hall–Kier alpha value is -3.20. The molecule has 0 saturated heterocycles. The highest BCUT2D eigenvalue weighted by Gasteiger charge is 2.18. The molecule has 0 heterocycles. The Labute approximate surface area is 271 Å². The second-order valence-corrected chi connectivity index (χ2v) is 11.2. The molecule has 0 bridgehead atoms. The Balaban J connectivity index is 4.55. The fourth-order valence-corrected chi connectivity index (χ4v) is 4.45. The van der Waals surface area contributed by atoms with Crippen LogP contribution in [-0.4, -0.2) is 59.3 Å². The summed E-state index contributed by atoms with van der Waals surface area (Å²) in [5.41, 5.74) is 0. The predicted molar refractivity (Wildman–Crippen MR) is 181 cm³/mol. The molecule has 2 amide bonds. The molecule has 4 N–H and O–H groups in total. The Bertz CT molecular complexity index is 911.